The van der Waals surface area contributed by atoms with Crippen LogP contribution in [-0.2, 0) is 0 Å². The second-order valence-electron chi connectivity index (χ2n) is 5.68. The molecule has 2 N–H and O–H groups in total. The van der Waals surface area contributed by atoms with Crippen LogP contribution < -0.4 is 5.32 Å². The molecular formula is C13H27NO. The minimum Gasteiger partial charge on any atom is -0.392 e. The SMILES string of the molecule is CCC1CCCC(NC(C)(C)C(C)O)C1. The van der Waals surface area contributed by atoms with E-state index < -0.39 is 0 Å². The summed E-state index contributed by atoms with van der Waals surface area (Å²) in [6.45, 7) is 8.33. The summed E-state index contributed by atoms with van der Waals surface area (Å²) in [5, 5.41) is 13.3. The van der Waals surface area contributed by atoms with Crippen LogP contribution in [0.1, 0.15) is 59.8 Å². The quantitative estimate of drug-likeness (QED) is 0.752. The molecule has 0 aromatic heterocycles. The summed E-state index contributed by atoms with van der Waals surface area (Å²) in [5.74, 6) is 0.890. The van der Waals surface area contributed by atoms with Crippen LogP contribution in [-0.4, -0.2) is 22.8 Å². The Morgan fingerprint density at radius 3 is 2.60 bits per heavy atom. The van der Waals surface area contributed by atoms with E-state index in [0.29, 0.717) is 6.04 Å². The minimum atomic E-state index is -0.292. The highest BCUT2D eigenvalue weighted by atomic mass is 16.3. The van der Waals surface area contributed by atoms with Crippen molar-refractivity contribution in [1.29, 1.82) is 0 Å². The van der Waals surface area contributed by atoms with Crippen molar-refractivity contribution >= 4 is 0 Å². The summed E-state index contributed by atoms with van der Waals surface area (Å²) in [7, 11) is 0. The van der Waals surface area contributed by atoms with Crippen molar-refractivity contribution in [3.8, 4) is 0 Å². The van der Waals surface area contributed by atoms with E-state index in [2.05, 4.69) is 26.1 Å². The van der Waals surface area contributed by atoms with Gasteiger partial charge in [0.1, 0.15) is 0 Å². The maximum Gasteiger partial charge on any atom is 0.0688 e. The fourth-order valence-electron chi connectivity index (χ4n) is 2.44. The van der Waals surface area contributed by atoms with E-state index in [9.17, 15) is 5.11 Å². The third-order valence-corrected chi connectivity index (χ3v) is 3.98. The largest absolute Gasteiger partial charge is 0.392 e. The third kappa shape index (κ3) is 3.76. The smallest absolute Gasteiger partial charge is 0.0688 e. The van der Waals surface area contributed by atoms with Crippen LogP contribution in [0, 0.1) is 5.92 Å². The normalized spacial score (nSPS) is 30.2. The van der Waals surface area contributed by atoms with Gasteiger partial charge in [-0.05, 0) is 39.5 Å². The Hall–Kier alpha value is -0.0800. The van der Waals surface area contributed by atoms with E-state index in [0.717, 1.165) is 5.92 Å². The van der Waals surface area contributed by atoms with Crippen LogP contribution in [0.25, 0.3) is 0 Å². The zero-order chi connectivity index (χ0) is 11.5. The molecule has 0 aromatic rings. The van der Waals surface area contributed by atoms with Crippen molar-refractivity contribution in [3.05, 3.63) is 0 Å². The van der Waals surface area contributed by atoms with Crippen molar-refractivity contribution in [1.82, 2.24) is 5.32 Å². The molecule has 0 saturated heterocycles. The second-order valence-corrected chi connectivity index (χ2v) is 5.68. The Bertz CT molecular complexity index is 189. The Balaban J connectivity index is 2.44. The monoisotopic (exact) mass is 213 g/mol. The van der Waals surface area contributed by atoms with Gasteiger partial charge in [-0.2, -0.15) is 0 Å². The van der Waals surface area contributed by atoms with Gasteiger partial charge in [0.05, 0.1) is 6.10 Å². The van der Waals surface area contributed by atoms with Crippen molar-refractivity contribution < 1.29 is 5.11 Å². The average Bonchev–Trinajstić information content (AvgIpc) is 2.17. The number of aliphatic hydroxyl groups is 1. The molecule has 15 heavy (non-hydrogen) atoms. The average molecular weight is 213 g/mol. The van der Waals surface area contributed by atoms with Gasteiger partial charge >= 0.3 is 0 Å². The lowest BCUT2D eigenvalue weighted by atomic mass is 9.82. The first-order valence-electron chi connectivity index (χ1n) is 6.41. The number of hydrogen-bond acceptors (Lipinski definition) is 2. The molecule has 1 aliphatic carbocycles. The van der Waals surface area contributed by atoms with Gasteiger partial charge in [-0.3, -0.25) is 0 Å². The predicted octanol–water partition coefficient (Wildman–Crippen LogP) is 2.70. The fourth-order valence-corrected chi connectivity index (χ4v) is 2.44. The molecule has 0 aliphatic heterocycles. The molecule has 0 bridgehead atoms. The van der Waals surface area contributed by atoms with Gasteiger partial charge in [-0.25, -0.2) is 0 Å². The lowest BCUT2D eigenvalue weighted by Crippen LogP contribution is -2.53. The molecule has 0 amide bonds. The molecule has 3 unspecified atom stereocenters. The summed E-state index contributed by atoms with van der Waals surface area (Å²) in [6.07, 6.45) is 6.29. The first kappa shape index (κ1) is 13.0. The molecule has 2 heteroatoms. The molecule has 90 valence electrons. The van der Waals surface area contributed by atoms with Crippen molar-refractivity contribution in [3.63, 3.8) is 0 Å². The molecule has 1 rings (SSSR count). The molecule has 3 atom stereocenters. The van der Waals surface area contributed by atoms with Crippen LogP contribution in [0.4, 0.5) is 0 Å². The topological polar surface area (TPSA) is 32.3 Å². The van der Waals surface area contributed by atoms with Crippen LogP contribution in [0.15, 0.2) is 0 Å². The van der Waals surface area contributed by atoms with E-state index in [1.165, 1.54) is 32.1 Å². The van der Waals surface area contributed by atoms with Gasteiger partial charge < -0.3 is 10.4 Å². The zero-order valence-electron chi connectivity index (χ0n) is 10.7. The number of nitrogens with one attached hydrogen (secondary N) is 1. The first-order valence-corrected chi connectivity index (χ1v) is 6.41. The molecule has 0 spiro atoms. The standard InChI is InChI=1S/C13H27NO/c1-5-11-7-6-8-12(9-11)14-13(3,4)10(2)15/h10-12,14-15H,5-9H2,1-4H3. The Kier molecular flexibility index (Phi) is 4.60. The maximum atomic E-state index is 9.67. The molecular weight excluding hydrogens is 186 g/mol. The molecule has 0 radical (unpaired) electrons. The van der Waals surface area contributed by atoms with Gasteiger partial charge in [-0.15, -0.1) is 0 Å². The van der Waals surface area contributed by atoms with Gasteiger partial charge in [0, 0.05) is 11.6 Å². The van der Waals surface area contributed by atoms with Gasteiger partial charge in [-0.1, -0.05) is 26.2 Å². The fraction of sp³-hybridized carbons (Fsp3) is 1.00. The summed E-state index contributed by atoms with van der Waals surface area (Å²) >= 11 is 0. The highest BCUT2D eigenvalue weighted by molar-refractivity contribution is 4.89. The summed E-state index contributed by atoms with van der Waals surface area (Å²) in [5.41, 5.74) is -0.152. The number of rotatable bonds is 4. The summed E-state index contributed by atoms with van der Waals surface area (Å²) in [4.78, 5) is 0. The van der Waals surface area contributed by atoms with E-state index in [4.69, 9.17) is 0 Å². The predicted molar refractivity (Wildman–Crippen MR) is 64.9 cm³/mol. The van der Waals surface area contributed by atoms with Crippen molar-refractivity contribution in [2.24, 2.45) is 5.92 Å². The van der Waals surface area contributed by atoms with Crippen molar-refractivity contribution in [2.45, 2.75) is 77.5 Å². The van der Waals surface area contributed by atoms with E-state index in [1.54, 1.807) is 0 Å². The first-order chi connectivity index (χ1) is 6.95. The van der Waals surface area contributed by atoms with Crippen LogP contribution >= 0.6 is 0 Å². The van der Waals surface area contributed by atoms with Crippen molar-refractivity contribution in [2.75, 3.05) is 0 Å². The number of aliphatic hydroxyl groups excluding tert-OH is 1. The molecule has 1 fully saturated rings. The highest BCUT2D eigenvalue weighted by Gasteiger charge is 2.29. The Morgan fingerprint density at radius 2 is 2.07 bits per heavy atom. The van der Waals surface area contributed by atoms with Crippen LogP contribution in [0.3, 0.4) is 0 Å². The maximum absolute atomic E-state index is 9.67. The summed E-state index contributed by atoms with van der Waals surface area (Å²) < 4.78 is 0. The number of hydrogen-bond donors (Lipinski definition) is 2. The highest BCUT2D eigenvalue weighted by Crippen LogP contribution is 2.28. The van der Waals surface area contributed by atoms with Gasteiger partial charge in [0.2, 0.25) is 0 Å². The molecule has 0 aromatic carbocycles. The lowest BCUT2D eigenvalue weighted by Gasteiger charge is -2.38. The van der Waals surface area contributed by atoms with Crippen LogP contribution in [0.2, 0.25) is 0 Å². The van der Waals surface area contributed by atoms with E-state index >= 15 is 0 Å². The Labute approximate surface area is 94.5 Å². The zero-order valence-corrected chi connectivity index (χ0v) is 10.7. The second kappa shape index (κ2) is 5.31. The van der Waals surface area contributed by atoms with E-state index in [1.807, 2.05) is 6.92 Å². The molecule has 1 aliphatic rings. The van der Waals surface area contributed by atoms with Gasteiger partial charge in [0.25, 0.3) is 0 Å². The molecule has 0 heterocycles. The molecule has 1 saturated carbocycles. The van der Waals surface area contributed by atoms with E-state index in [-0.39, 0.29) is 11.6 Å². The summed E-state index contributed by atoms with van der Waals surface area (Å²) in [6, 6.07) is 0.605. The van der Waals surface area contributed by atoms with Crippen LogP contribution in [0.5, 0.6) is 0 Å². The third-order valence-electron chi connectivity index (χ3n) is 3.98. The Morgan fingerprint density at radius 1 is 1.40 bits per heavy atom. The van der Waals surface area contributed by atoms with Gasteiger partial charge in [0.15, 0.2) is 0 Å². The minimum absolute atomic E-state index is 0.152. The lowest BCUT2D eigenvalue weighted by molar-refractivity contribution is 0.0790. The molecule has 2 nitrogen and oxygen atoms in total.